The first-order valence-corrected chi connectivity index (χ1v) is 4.71. The Labute approximate surface area is 84.4 Å². The Kier molecular flexibility index (Phi) is 4.31. The van der Waals surface area contributed by atoms with E-state index in [-0.39, 0.29) is 18.1 Å². The zero-order chi connectivity index (χ0) is 10.6. The quantitative estimate of drug-likeness (QED) is 0.640. The van der Waals surface area contributed by atoms with Crippen LogP contribution in [0.1, 0.15) is 0 Å². The third-order valence-corrected chi connectivity index (χ3v) is 2.50. The van der Waals surface area contributed by atoms with Gasteiger partial charge in [-0.3, -0.25) is 4.79 Å². The fourth-order valence-corrected chi connectivity index (χ4v) is 1.66. The summed E-state index contributed by atoms with van der Waals surface area (Å²) < 4.78 is 10.5. The number of amides is 1. The molecule has 0 aromatic heterocycles. The first-order chi connectivity index (χ1) is 6.72. The van der Waals surface area contributed by atoms with E-state index in [0.29, 0.717) is 19.6 Å². The predicted octanol–water partition coefficient (Wildman–Crippen LogP) is -0.922. The second-order valence-electron chi connectivity index (χ2n) is 3.38. The topological polar surface area (TPSA) is 50.8 Å². The number of rotatable bonds is 4. The van der Waals surface area contributed by atoms with Crippen molar-refractivity contribution in [2.45, 2.75) is 12.2 Å². The van der Waals surface area contributed by atoms with Crippen molar-refractivity contribution in [3.05, 3.63) is 0 Å². The van der Waals surface area contributed by atoms with Crippen LogP contribution in [0.3, 0.4) is 0 Å². The molecule has 5 heteroatoms. The van der Waals surface area contributed by atoms with Gasteiger partial charge in [0.1, 0.15) is 12.2 Å². The van der Waals surface area contributed by atoms with Crippen LogP contribution >= 0.6 is 0 Å². The average Bonchev–Trinajstić information content (AvgIpc) is 2.61. The van der Waals surface area contributed by atoms with Crippen molar-refractivity contribution < 1.29 is 14.3 Å². The number of likely N-dealkylation sites (N-methyl/N-ethyl adjacent to an activating group) is 1. The Bertz CT molecular complexity index is 186. The Morgan fingerprint density at radius 3 is 2.21 bits per heavy atom. The van der Waals surface area contributed by atoms with E-state index in [1.165, 1.54) is 0 Å². The highest BCUT2D eigenvalue weighted by molar-refractivity contribution is 5.78. The lowest BCUT2D eigenvalue weighted by Crippen LogP contribution is -2.36. The second-order valence-corrected chi connectivity index (χ2v) is 3.38. The van der Waals surface area contributed by atoms with Gasteiger partial charge in [-0.2, -0.15) is 0 Å². The molecule has 1 aliphatic rings. The van der Waals surface area contributed by atoms with Gasteiger partial charge in [0.05, 0.1) is 6.54 Å². The molecule has 1 rings (SSSR count). The Morgan fingerprint density at radius 2 is 1.86 bits per heavy atom. The van der Waals surface area contributed by atoms with Crippen molar-refractivity contribution in [3.63, 3.8) is 0 Å². The van der Waals surface area contributed by atoms with Gasteiger partial charge in [-0.05, 0) is 7.05 Å². The Hall–Kier alpha value is -0.650. The number of hydrogen-bond donors (Lipinski definition) is 1. The number of methoxy groups -OCH3 is 2. The zero-order valence-corrected chi connectivity index (χ0v) is 8.95. The van der Waals surface area contributed by atoms with E-state index in [4.69, 9.17) is 9.47 Å². The molecule has 0 saturated carbocycles. The van der Waals surface area contributed by atoms with Gasteiger partial charge in [-0.25, -0.2) is 0 Å². The minimum absolute atomic E-state index is 0.000746. The van der Waals surface area contributed by atoms with Crippen molar-refractivity contribution in [2.75, 3.05) is 40.9 Å². The van der Waals surface area contributed by atoms with Gasteiger partial charge in [0, 0.05) is 27.3 Å². The van der Waals surface area contributed by atoms with Gasteiger partial charge in [-0.15, -0.1) is 0 Å². The van der Waals surface area contributed by atoms with Gasteiger partial charge >= 0.3 is 0 Å². The Morgan fingerprint density at radius 1 is 1.36 bits per heavy atom. The van der Waals surface area contributed by atoms with E-state index in [0.717, 1.165) is 0 Å². The highest BCUT2D eigenvalue weighted by Crippen LogP contribution is 2.15. The number of nitrogens with zero attached hydrogens (tertiary/aromatic N) is 1. The first kappa shape index (κ1) is 11.4. The van der Waals surface area contributed by atoms with Gasteiger partial charge in [0.2, 0.25) is 5.91 Å². The van der Waals surface area contributed by atoms with Crippen LogP contribution in [0, 0.1) is 0 Å². The van der Waals surface area contributed by atoms with Crippen LogP contribution < -0.4 is 5.32 Å². The molecule has 1 amide bonds. The average molecular weight is 202 g/mol. The van der Waals surface area contributed by atoms with Crippen LogP contribution in [-0.2, 0) is 14.3 Å². The monoisotopic (exact) mass is 202 g/mol. The maximum absolute atomic E-state index is 11.5. The fourth-order valence-electron chi connectivity index (χ4n) is 1.66. The molecule has 0 spiro atoms. The maximum Gasteiger partial charge on any atom is 0.236 e. The molecule has 0 aliphatic carbocycles. The van der Waals surface area contributed by atoms with E-state index in [2.05, 4.69) is 5.32 Å². The number of hydrogen-bond acceptors (Lipinski definition) is 4. The molecule has 1 fully saturated rings. The summed E-state index contributed by atoms with van der Waals surface area (Å²) in [6, 6.07) is 0. The first-order valence-electron chi connectivity index (χ1n) is 4.71. The number of likely N-dealkylation sites (tertiary alicyclic amines) is 1. The van der Waals surface area contributed by atoms with Crippen molar-refractivity contribution in [2.24, 2.45) is 0 Å². The molecule has 0 aromatic carbocycles. The molecule has 0 bridgehead atoms. The normalized spacial score (nSPS) is 26.9. The minimum Gasteiger partial charge on any atom is -0.377 e. The van der Waals surface area contributed by atoms with Crippen LogP contribution in [0.2, 0.25) is 0 Å². The van der Waals surface area contributed by atoms with E-state index >= 15 is 0 Å². The van der Waals surface area contributed by atoms with Crippen LogP contribution in [0.4, 0.5) is 0 Å². The summed E-state index contributed by atoms with van der Waals surface area (Å²) in [5.74, 6) is 0.0918. The summed E-state index contributed by atoms with van der Waals surface area (Å²) in [5, 5.41) is 2.84. The van der Waals surface area contributed by atoms with Gasteiger partial charge in [0.25, 0.3) is 0 Å². The highest BCUT2D eigenvalue weighted by Gasteiger charge is 2.34. The van der Waals surface area contributed by atoms with Crippen LogP contribution in [0.25, 0.3) is 0 Å². The lowest BCUT2D eigenvalue weighted by molar-refractivity contribution is -0.129. The SMILES string of the molecule is CNCC(=O)N1C[C@H](OC)[C@H](OC)C1. The minimum atomic E-state index is 0.000746. The van der Waals surface area contributed by atoms with Crippen molar-refractivity contribution in [1.82, 2.24) is 10.2 Å². The lowest BCUT2D eigenvalue weighted by Gasteiger charge is -2.14. The van der Waals surface area contributed by atoms with E-state index in [1.807, 2.05) is 0 Å². The van der Waals surface area contributed by atoms with E-state index in [9.17, 15) is 4.79 Å². The van der Waals surface area contributed by atoms with Crippen LogP contribution in [0.15, 0.2) is 0 Å². The van der Waals surface area contributed by atoms with Gasteiger partial charge in [-0.1, -0.05) is 0 Å². The molecule has 14 heavy (non-hydrogen) atoms. The maximum atomic E-state index is 11.5. The lowest BCUT2D eigenvalue weighted by atomic mass is 10.3. The summed E-state index contributed by atoms with van der Waals surface area (Å²) in [7, 11) is 5.04. The smallest absolute Gasteiger partial charge is 0.236 e. The molecule has 0 aromatic rings. The number of nitrogens with one attached hydrogen (secondary N) is 1. The largest absolute Gasteiger partial charge is 0.377 e. The standard InChI is InChI=1S/C9H18N2O3/c1-10-4-9(12)11-5-7(13-2)8(6-11)14-3/h7-8,10H,4-6H2,1-3H3/t7-,8+. The molecule has 1 N–H and O–H groups in total. The van der Waals surface area contributed by atoms with Gasteiger partial charge in [0.15, 0.2) is 0 Å². The fraction of sp³-hybridized carbons (Fsp3) is 0.889. The molecule has 0 unspecified atom stereocenters. The summed E-state index contributed by atoms with van der Waals surface area (Å²) in [4.78, 5) is 13.3. The number of ether oxygens (including phenoxy) is 2. The molecule has 1 aliphatic heterocycles. The van der Waals surface area contributed by atoms with Crippen molar-refractivity contribution in [1.29, 1.82) is 0 Å². The summed E-state index contributed by atoms with van der Waals surface area (Å²) in [5.41, 5.74) is 0. The zero-order valence-electron chi connectivity index (χ0n) is 8.95. The van der Waals surface area contributed by atoms with Crippen LogP contribution in [-0.4, -0.2) is 63.9 Å². The highest BCUT2D eigenvalue weighted by atomic mass is 16.5. The number of carbonyl (C=O) groups excluding carboxylic acids is 1. The van der Waals surface area contributed by atoms with Gasteiger partial charge < -0.3 is 19.7 Å². The third kappa shape index (κ3) is 2.43. The molecule has 2 atom stereocenters. The van der Waals surface area contributed by atoms with E-state index < -0.39 is 0 Å². The summed E-state index contributed by atoms with van der Waals surface area (Å²) in [6.07, 6.45) is 0.00149. The summed E-state index contributed by atoms with van der Waals surface area (Å²) in [6.45, 7) is 1.61. The summed E-state index contributed by atoms with van der Waals surface area (Å²) >= 11 is 0. The van der Waals surface area contributed by atoms with Crippen molar-refractivity contribution >= 4 is 5.91 Å². The molecule has 82 valence electrons. The Balaban J connectivity index is 2.48. The molecule has 5 nitrogen and oxygen atoms in total. The molecular weight excluding hydrogens is 184 g/mol. The molecular formula is C9H18N2O3. The van der Waals surface area contributed by atoms with Crippen molar-refractivity contribution in [3.8, 4) is 0 Å². The predicted molar refractivity (Wildman–Crippen MR) is 52.1 cm³/mol. The third-order valence-electron chi connectivity index (χ3n) is 2.50. The van der Waals surface area contributed by atoms with Crippen LogP contribution in [0.5, 0.6) is 0 Å². The molecule has 1 saturated heterocycles. The molecule has 0 radical (unpaired) electrons. The van der Waals surface area contributed by atoms with E-state index in [1.54, 1.807) is 26.2 Å². The molecule has 1 heterocycles. The second kappa shape index (κ2) is 5.29. The number of carbonyl (C=O) groups is 1.